The lowest BCUT2D eigenvalue weighted by Gasteiger charge is -2.29. The Bertz CT molecular complexity index is 364. The standard InChI is InChI=1S/C15H24N2O2/c1-3-17(4-2)14(13-9-6-5-7-10-13)15(19)16-11-8-12-18/h5-7,9-10,14,18H,3-4,8,11-12H2,1-2H3,(H,16,19). The van der Waals surface area contributed by atoms with Crippen LogP contribution in [0.15, 0.2) is 30.3 Å². The summed E-state index contributed by atoms with van der Waals surface area (Å²) in [5, 5.41) is 11.7. The average molecular weight is 264 g/mol. The van der Waals surface area contributed by atoms with E-state index in [0.29, 0.717) is 13.0 Å². The van der Waals surface area contributed by atoms with E-state index < -0.39 is 0 Å². The topological polar surface area (TPSA) is 52.6 Å². The average Bonchev–Trinajstić information content (AvgIpc) is 2.45. The second-order valence-corrected chi connectivity index (χ2v) is 4.40. The highest BCUT2D eigenvalue weighted by Gasteiger charge is 2.25. The molecule has 1 unspecified atom stereocenters. The van der Waals surface area contributed by atoms with Gasteiger partial charge in [0.15, 0.2) is 0 Å². The van der Waals surface area contributed by atoms with Crippen LogP contribution in [0.25, 0.3) is 0 Å². The zero-order valence-corrected chi connectivity index (χ0v) is 11.8. The van der Waals surface area contributed by atoms with E-state index in [9.17, 15) is 4.79 Å². The minimum absolute atomic E-state index is 0.00310. The van der Waals surface area contributed by atoms with Crippen molar-refractivity contribution in [2.24, 2.45) is 0 Å². The van der Waals surface area contributed by atoms with Gasteiger partial charge in [0, 0.05) is 13.2 Å². The van der Waals surface area contributed by atoms with Gasteiger partial charge in [0.25, 0.3) is 0 Å². The van der Waals surface area contributed by atoms with Gasteiger partial charge in [0.05, 0.1) is 0 Å². The SMILES string of the molecule is CCN(CC)C(C(=O)NCCCO)c1ccccc1. The Morgan fingerprint density at radius 3 is 2.42 bits per heavy atom. The number of aliphatic hydroxyl groups excluding tert-OH is 1. The van der Waals surface area contributed by atoms with Gasteiger partial charge in [-0.1, -0.05) is 44.2 Å². The van der Waals surface area contributed by atoms with Crippen LogP contribution in [0.4, 0.5) is 0 Å². The first kappa shape index (κ1) is 15.7. The van der Waals surface area contributed by atoms with Gasteiger partial charge in [-0.2, -0.15) is 0 Å². The Labute approximate surface area is 115 Å². The van der Waals surface area contributed by atoms with Gasteiger partial charge in [0.2, 0.25) is 5.91 Å². The predicted octanol–water partition coefficient (Wildman–Crippen LogP) is 1.57. The highest BCUT2D eigenvalue weighted by atomic mass is 16.3. The quantitative estimate of drug-likeness (QED) is 0.701. The highest BCUT2D eigenvalue weighted by molar-refractivity contribution is 5.83. The second kappa shape index (κ2) is 8.67. The van der Waals surface area contributed by atoms with Crippen molar-refractivity contribution >= 4 is 5.91 Å². The summed E-state index contributed by atoms with van der Waals surface area (Å²) in [4.78, 5) is 14.5. The monoisotopic (exact) mass is 264 g/mol. The number of carbonyl (C=O) groups is 1. The largest absolute Gasteiger partial charge is 0.396 e. The van der Waals surface area contributed by atoms with Gasteiger partial charge >= 0.3 is 0 Å². The normalized spacial score (nSPS) is 12.4. The number of hydrogen-bond donors (Lipinski definition) is 2. The smallest absolute Gasteiger partial charge is 0.241 e. The van der Waals surface area contributed by atoms with Gasteiger partial charge in [-0.05, 0) is 25.1 Å². The van der Waals surface area contributed by atoms with Crippen LogP contribution < -0.4 is 5.32 Å². The summed E-state index contributed by atoms with van der Waals surface area (Å²) in [5.74, 6) is 0.00310. The van der Waals surface area contributed by atoms with E-state index in [1.165, 1.54) is 0 Å². The van der Waals surface area contributed by atoms with Gasteiger partial charge < -0.3 is 10.4 Å². The summed E-state index contributed by atoms with van der Waals surface area (Å²) in [6.45, 7) is 6.37. The van der Waals surface area contributed by atoms with Crippen LogP contribution >= 0.6 is 0 Å². The summed E-state index contributed by atoms with van der Waals surface area (Å²) in [6.07, 6.45) is 0.589. The van der Waals surface area contributed by atoms with Crippen molar-refractivity contribution in [3.63, 3.8) is 0 Å². The number of rotatable bonds is 8. The third-order valence-electron chi connectivity index (χ3n) is 3.18. The first-order valence-corrected chi connectivity index (χ1v) is 6.92. The molecule has 0 bridgehead atoms. The molecule has 0 aromatic heterocycles. The molecule has 1 atom stereocenters. The lowest BCUT2D eigenvalue weighted by atomic mass is 10.0. The number of nitrogens with zero attached hydrogens (tertiary/aromatic N) is 1. The number of amides is 1. The maximum Gasteiger partial charge on any atom is 0.241 e. The van der Waals surface area contributed by atoms with Gasteiger partial charge in [-0.25, -0.2) is 0 Å². The molecule has 0 heterocycles. The molecule has 0 aliphatic rings. The molecule has 0 spiro atoms. The molecule has 1 aromatic carbocycles. The lowest BCUT2D eigenvalue weighted by Crippen LogP contribution is -2.41. The number of carbonyl (C=O) groups excluding carboxylic acids is 1. The van der Waals surface area contributed by atoms with Crippen LogP contribution in [0.3, 0.4) is 0 Å². The maximum atomic E-state index is 12.3. The van der Waals surface area contributed by atoms with E-state index in [0.717, 1.165) is 18.7 Å². The van der Waals surface area contributed by atoms with Crippen molar-refractivity contribution in [3.05, 3.63) is 35.9 Å². The molecule has 2 N–H and O–H groups in total. The van der Waals surface area contributed by atoms with E-state index in [2.05, 4.69) is 24.1 Å². The molecule has 0 aliphatic heterocycles. The van der Waals surface area contributed by atoms with Crippen molar-refractivity contribution in [3.8, 4) is 0 Å². The van der Waals surface area contributed by atoms with E-state index in [4.69, 9.17) is 5.11 Å². The third kappa shape index (κ3) is 4.65. The molecule has 1 amide bonds. The van der Waals surface area contributed by atoms with E-state index in [1.807, 2.05) is 30.3 Å². The minimum Gasteiger partial charge on any atom is -0.396 e. The fourth-order valence-electron chi connectivity index (χ4n) is 2.14. The highest BCUT2D eigenvalue weighted by Crippen LogP contribution is 2.20. The maximum absolute atomic E-state index is 12.3. The van der Waals surface area contributed by atoms with Crippen LogP contribution in [0.5, 0.6) is 0 Å². The summed E-state index contributed by atoms with van der Waals surface area (Å²) >= 11 is 0. The Morgan fingerprint density at radius 1 is 1.26 bits per heavy atom. The van der Waals surface area contributed by atoms with Gasteiger partial charge in [-0.3, -0.25) is 9.69 Å². The molecule has 4 heteroatoms. The van der Waals surface area contributed by atoms with E-state index in [-0.39, 0.29) is 18.6 Å². The number of benzene rings is 1. The van der Waals surface area contributed by atoms with Gasteiger partial charge in [-0.15, -0.1) is 0 Å². The molecule has 0 saturated carbocycles. The summed E-state index contributed by atoms with van der Waals surface area (Å²) in [5.41, 5.74) is 1.01. The zero-order valence-electron chi connectivity index (χ0n) is 11.8. The number of hydrogen-bond acceptors (Lipinski definition) is 3. The molecule has 1 rings (SSSR count). The predicted molar refractivity (Wildman–Crippen MR) is 76.8 cm³/mol. The van der Waals surface area contributed by atoms with Crippen LogP contribution in [-0.4, -0.2) is 42.2 Å². The molecule has 1 aromatic rings. The molecule has 19 heavy (non-hydrogen) atoms. The Balaban J connectivity index is 2.83. The van der Waals surface area contributed by atoms with Gasteiger partial charge in [0.1, 0.15) is 6.04 Å². The lowest BCUT2D eigenvalue weighted by molar-refractivity contribution is -0.126. The number of likely N-dealkylation sites (N-methyl/N-ethyl adjacent to an activating group) is 1. The molecule has 0 fully saturated rings. The van der Waals surface area contributed by atoms with Crippen LogP contribution in [0.1, 0.15) is 31.9 Å². The molecular formula is C15H24N2O2. The first-order valence-electron chi connectivity index (χ1n) is 6.92. The fraction of sp³-hybridized carbons (Fsp3) is 0.533. The van der Waals surface area contributed by atoms with E-state index in [1.54, 1.807) is 0 Å². The summed E-state index contributed by atoms with van der Waals surface area (Å²) in [7, 11) is 0. The minimum atomic E-state index is -0.255. The number of aliphatic hydroxyl groups is 1. The fourth-order valence-corrected chi connectivity index (χ4v) is 2.14. The van der Waals surface area contributed by atoms with Crippen molar-refractivity contribution in [1.82, 2.24) is 10.2 Å². The van der Waals surface area contributed by atoms with E-state index >= 15 is 0 Å². The Kier molecular flexibility index (Phi) is 7.15. The van der Waals surface area contributed by atoms with Crippen molar-refractivity contribution < 1.29 is 9.90 Å². The number of nitrogens with one attached hydrogen (secondary N) is 1. The molecule has 0 aliphatic carbocycles. The second-order valence-electron chi connectivity index (χ2n) is 4.40. The van der Waals surface area contributed by atoms with Crippen molar-refractivity contribution in [2.45, 2.75) is 26.3 Å². The summed E-state index contributed by atoms with van der Waals surface area (Å²) < 4.78 is 0. The third-order valence-corrected chi connectivity index (χ3v) is 3.18. The van der Waals surface area contributed by atoms with Crippen LogP contribution in [0.2, 0.25) is 0 Å². The molecule has 106 valence electrons. The summed E-state index contributed by atoms with van der Waals surface area (Å²) in [6, 6.07) is 9.56. The van der Waals surface area contributed by atoms with Crippen molar-refractivity contribution in [1.29, 1.82) is 0 Å². The molecule has 0 radical (unpaired) electrons. The van der Waals surface area contributed by atoms with Crippen LogP contribution in [0, 0.1) is 0 Å². The Hall–Kier alpha value is -1.39. The zero-order chi connectivity index (χ0) is 14.1. The van der Waals surface area contributed by atoms with Crippen molar-refractivity contribution in [2.75, 3.05) is 26.2 Å². The van der Waals surface area contributed by atoms with Crippen LogP contribution in [-0.2, 0) is 4.79 Å². The Morgan fingerprint density at radius 2 is 1.89 bits per heavy atom. The first-order chi connectivity index (χ1) is 9.24. The molecule has 0 saturated heterocycles. The molecular weight excluding hydrogens is 240 g/mol. The molecule has 4 nitrogen and oxygen atoms in total.